The summed E-state index contributed by atoms with van der Waals surface area (Å²) in [5.41, 5.74) is 6.32. The molecule has 0 bridgehead atoms. The number of hydrogen-bond donors (Lipinski definition) is 1. The Morgan fingerprint density at radius 3 is 2.21 bits per heavy atom. The second-order valence-electron chi connectivity index (χ2n) is 3.71. The fourth-order valence-electron chi connectivity index (χ4n) is 1.61. The lowest BCUT2D eigenvalue weighted by molar-refractivity contribution is 1.09. The number of aromatic amines is 1. The molecule has 0 radical (unpaired) electrons. The molecular weight excluding hydrogens is 172 g/mol. The summed E-state index contributed by atoms with van der Waals surface area (Å²) in [4.78, 5) is 0. The number of aromatic nitrogens is 2. The molecule has 72 valence electrons. The zero-order chi connectivity index (χ0) is 10.1. The third kappa shape index (κ3) is 1.43. The molecule has 0 amide bonds. The van der Waals surface area contributed by atoms with Gasteiger partial charge in [-0.1, -0.05) is 0 Å². The molecule has 0 unspecified atom stereocenters. The standard InChI is InChI=1S/C12H14N2/c1-8-6-11(7-9(2)10(8)3)12-4-5-13-14-12/h4-7H,1-3H3,(H,13,14). The molecule has 2 aromatic rings. The van der Waals surface area contributed by atoms with Crippen molar-refractivity contribution in [3.63, 3.8) is 0 Å². The zero-order valence-electron chi connectivity index (χ0n) is 8.76. The molecule has 0 aliphatic carbocycles. The first kappa shape index (κ1) is 9.00. The SMILES string of the molecule is Cc1cc(-c2ccn[nH]2)cc(C)c1C. The third-order valence-corrected chi connectivity index (χ3v) is 2.74. The van der Waals surface area contributed by atoms with E-state index in [9.17, 15) is 0 Å². The molecule has 1 heterocycles. The Morgan fingerprint density at radius 2 is 1.71 bits per heavy atom. The van der Waals surface area contributed by atoms with Crippen LogP contribution in [0.1, 0.15) is 16.7 Å². The van der Waals surface area contributed by atoms with Gasteiger partial charge in [-0.2, -0.15) is 5.10 Å². The van der Waals surface area contributed by atoms with Gasteiger partial charge in [0, 0.05) is 11.8 Å². The van der Waals surface area contributed by atoms with Crippen LogP contribution in [0.2, 0.25) is 0 Å². The van der Waals surface area contributed by atoms with Crippen molar-refractivity contribution in [1.82, 2.24) is 10.2 Å². The molecule has 2 rings (SSSR count). The minimum atomic E-state index is 1.08. The van der Waals surface area contributed by atoms with Crippen molar-refractivity contribution in [1.29, 1.82) is 0 Å². The van der Waals surface area contributed by atoms with Crippen LogP contribution in [0.5, 0.6) is 0 Å². The topological polar surface area (TPSA) is 28.7 Å². The quantitative estimate of drug-likeness (QED) is 0.728. The van der Waals surface area contributed by atoms with E-state index in [0.29, 0.717) is 0 Å². The Kier molecular flexibility index (Phi) is 2.12. The fourth-order valence-corrected chi connectivity index (χ4v) is 1.61. The number of rotatable bonds is 1. The van der Waals surface area contributed by atoms with Gasteiger partial charge in [-0.15, -0.1) is 0 Å². The highest BCUT2D eigenvalue weighted by molar-refractivity contribution is 5.62. The van der Waals surface area contributed by atoms with E-state index < -0.39 is 0 Å². The molecule has 0 aliphatic heterocycles. The average Bonchev–Trinajstić information content (AvgIpc) is 2.66. The van der Waals surface area contributed by atoms with Crippen molar-refractivity contribution in [3.05, 3.63) is 41.1 Å². The van der Waals surface area contributed by atoms with Gasteiger partial charge in [-0.05, 0) is 55.7 Å². The maximum absolute atomic E-state index is 3.96. The van der Waals surface area contributed by atoms with Crippen LogP contribution in [0, 0.1) is 20.8 Å². The summed E-state index contributed by atoms with van der Waals surface area (Å²) in [7, 11) is 0. The Hall–Kier alpha value is -1.57. The van der Waals surface area contributed by atoms with Gasteiger partial charge in [0.1, 0.15) is 0 Å². The summed E-state index contributed by atoms with van der Waals surface area (Å²) in [6.45, 7) is 6.44. The van der Waals surface area contributed by atoms with Crippen molar-refractivity contribution >= 4 is 0 Å². The number of hydrogen-bond acceptors (Lipinski definition) is 1. The van der Waals surface area contributed by atoms with Gasteiger partial charge >= 0.3 is 0 Å². The number of H-pyrrole nitrogens is 1. The summed E-state index contributed by atoms with van der Waals surface area (Å²) in [6.07, 6.45) is 1.78. The molecule has 0 fully saturated rings. The van der Waals surface area contributed by atoms with Gasteiger partial charge in [0.25, 0.3) is 0 Å². The van der Waals surface area contributed by atoms with Crippen molar-refractivity contribution in [2.24, 2.45) is 0 Å². The fraction of sp³-hybridized carbons (Fsp3) is 0.250. The molecule has 14 heavy (non-hydrogen) atoms. The van der Waals surface area contributed by atoms with E-state index in [-0.39, 0.29) is 0 Å². The van der Waals surface area contributed by atoms with Gasteiger partial charge in [-0.25, -0.2) is 0 Å². The van der Waals surface area contributed by atoms with Crippen molar-refractivity contribution in [2.45, 2.75) is 20.8 Å². The Bertz CT molecular complexity index is 418. The monoisotopic (exact) mass is 186 g/mol. The number of benzene rings is 1. The Morgan fingerprint density at radius 1 is 1.07 bits per heavy atom. The van der Waals surface area contributed by atoms with Crippen LogP contribution in [-0.4, -0.2) is 10.2 Å². The van der Waals surface area contributed by atoms with Crippen molar-refractivity contribution in [3.8, 4) is 11.3 Å². The van der Waals surface area contributed by atoms with E-state index in [1.807, 2.05) is 6.07 Å². The summed E-state index contributed by atoms with van der Waals surface area (Å²) >= 11 is 0. The molecule has 0 saturated heterocycles. The maximum Gasteiger partial charge on any atom is 0.0650 e. The summed E-state index contributed by atoms with van der Waals surface area (Å²) in [6, 6.07) is 6.37. The maximum atomic E-state index is 3.96. The third-order valence-electron chi connectivity index (χ3n) is 2.74. The first-order valence-corrected chi connectivity index (χ1v) is 4.76. The second kappa shape index (κ2) is 3.29. The second-order valence-corrected chi connectivity index (χ2v) is 3.71. The highest BCUT2D eigenvalue weighted by Crippen LogP contribution is 2.22. The Balaban J connectivity index is 2.57. The highest BCUT2D eigenvalue weighted by Gasteiger charge is 2.03. The largest absolute Gasteiger partial charge is 0.278 e. The van der Waals surface area contributed by atoms with Crippen LogP contribution >= 0.6 is 0 Å². The number of nitrogens with zero attached hydrogens (tertiary/aromatic N) is 1. The lowest BCUT2D eigenvalue weighted by Crippen LogP contribution is -1.88. The minimum Gasteiger partial charge on any atom is -0.278 e. The van der Waals surface area contributed by atoms with E-state index in [1.54, 1.807) is 6.20 Å². The van der Waals surface area contributed by atoms with Crippen molar-refractivity contribution in [2.75, 3.05) is 0 Å². The molecule has 0 saturated carbocycles. The molecule has 1 aromatic carbocycles. The zero-order valence-corrected chi connectivity index (χ0v) is 8.76. The molecule has 0 spiro atoms. The van der Waals surface area contributed by atoms with E-state index in [0.717, 1.165) is 5.69 Å². The minimum absolute atomic E-state index is 1.08. The first-order valence-electron chi connectivity index (χ1n) is 4.76. The highest BCUT2D eigenvalue weighted by atomic mass is 15.1. The van der Waals surface area contributed by atoms with E-state index in [1.165, 1.54) is 22.3 Å². The van der Waals surface area contributed by atoms with Crippen LogP contribution in [0.4, 0.5) is 0 Å². The Labute approximate surface area is 84.0 Å². The van der Waals surface area contributed by atoms with Crippen LogP contribution in [0.15, 0.2) is 24.4 Å². The lowest BCUT2D eigenvalue weighted by Gasteiger charge is -2.07. The number of aryl methyl sites for hydroxylation is 2. The molecule has 1 N–H and O–H groups in total. The molecule has 2 nitrogen and oxygen atoms in total. The van der Waals surface area contributed by atoms with Gasteiger partial charge in [0.15, 0.2) is 0 Å². The van der Waals surface area contributed by atoms with Gasteiger partial charge < -0.3 is 0 Å². The molecule has 0 aliphatic rings. The van der Waals surface area contributed by atoms with Gasteiger partial charge in [0.2, 0.25) is 0 Å². The smallest absolute Gasteiger partial charge is 0.0650 e. The lowest BCUT2D eigenvalue weighted by atomic mass is 9.99. The molecular formula is C12H14N2. The summed E-state index contributed by atoms with van der Waals surface area (Å²) < 4.78 is 0. The van der Waals surface area contributed by atoms with Crippen LogP contribution in [0.25, 0.3) is 11.3 Å². The summed E-state index contributed by atoms with van der Waals surface area (Å²) in [5.74, 6) is 0. The van der Waals surface area contributed by atoms with Crippen LogP contribution in [-0.2, 0) is 0 Å². The van der Waals surface area contributed by atoms with Gasteiger partial charge in [-0.3, -0.25) is 5.10 Å². The summed E-state index contributed by atoms with van der Waals surface area (Å²) in [5, 5.41) is 6.93. The van der Waals surface area contributed by atoms with E-state index in [2.05, 4.69) is 43.1 Å². The van der Waals surface area contributed by atoms with E-state index in [4.69, 9.17) is 0 Å². The molecule has 2 heteroatoms. The molecule has 0 atom stereocenters. The first-order chi connectivity index (χ1) is 6.68. The normalized spacial score (nSPS) is 10.5. The van der Waals surface area contributed by atoms with Crippen molar-refractivity contribution < 1.29 is 0 Å². The molecule has 1 aromatic heterocycles. The van der Waals surface area contributed by atoms with Crippen LogP contribution in [0.3, 0.4) is 0 Å². The van der Waals surface area contributed by atoms with Gasteiger partial charge in [0.05, 0.1) is 5.69 Å². The van der Waals surface area contributed by atoms with E-state index >= 15 is 0 Å². The predicted molar refractivity (Wildman–Crippen MR) is 58.2 cm³/mol. The number of nitrogens with one attached hydrogen (secondary N) is 1. The predicted octanol–water partition coefficient (Wildman–Crippen LogP) is 3.00. The van der Waals surface area contributed by atoms with Crippen LogP contribution < -0.4 is 0 Å². The average molecular weight is 186 g/mol.